The van der Waals surface area contributed by atoms with E-state index < -0.39 is 6.04 Å². The van der Waals surface area contributed by atoms with Gasteiger partial charge >= 0.3 is 0 Å². The van der Waals surface area contributed by atoms with Gasteiger partial charge in [-0.2, -0.15) is 5.10 Å². The molecule has 2 aromatic carbocycles. The van der Waals surface area contributed by atoms with Crippen LogP contribution >= 0.6 is 0 Å². The van der Waals surface area contributed by atoms with Crippen molar-refractivity contribution in [2.75, 3.05) is 5.32 Å². The van der Waals surface area contributed by atoms with Crippen molar-refractivity contribution in [3.63, 3.8) is 0 Å². The summed E-state index contributed by atoms with van der Waals surface area (Å²) in [4.78, 5) is 11.9. The van der Waals surface area contributed by atoms with Gasteiger partial charge in [-0.3, -0.25) is 4.79 Å². The van der Waals surface area contributed by atoms with Crippen molar-refractivity contribution >= 4 is 17.8 Å². The molecular formula is C17H18FN3O. The molecule has 2 N–H and O–H groups in total. The minimum Gasteiger partial charge on any atom is -0.374 e. The minimum absolute atomic E-state index is 0.298. The van der Waals surface area contributed by atoms with Crippen molar-refractivity contribution in [2.45, 2.75) is 19.9 Å². The number of halogens is 1. The van der Waals surface area contributed by atoms with Crippen LogP contribution in [-0.2, 0) is 4.79 Å². The van der Waals surface area contributed by atoms with Gasteiger partial charge < -0.3 is 5.32 Å². The minimum atomic E-state index is -0.458. The Hall–Kier alpha value is -2.69. The summed E-state index contributed by atoms with van der Waals surface area (Å²) in [6, 6.07) is 13.5. The second-order valence-corrected chi connectivity index (χ2v) is 4.99. The fourth-order valence-corrected chi connectivity index (χ4v) is 1.81. The van der Waals surface area contributed by atoms with E-state index in [9.17, 15) is 9.18 Å². The Bertz CT molecular complexity index is 668. The van der Waals surface area contributed by atoms with Gasteiger partial charge in [-0.25, -0.2) is 9.82 Å². The summed E-state index contributed by atoms with van der Waals surface area (Å²) in [6.45, 7) is 3.73. The van der Waals surface area contributed by atoms with E-state index in [4.69, 9.17) is 0 Å². The molecule has 0 heterocycles. The molecule has 5 heteroatoms. The predicted octanol–water partition coefficient (Wildman–Crippen LogP) is 3.08. The van der Waals surface area contributed by atoms with E-state index in [0.717, 1.165) is 11.3 Å². The highest BCUT2D eigenvalue weighted by Gasteiger charge is 2.11. The Morgan fingerprint density at radius 3 is 2.55 bits per heavy atom. The van der Waals surface area contributed by atoms with Crippen molar-refractivity contribution in [3.05, 3.63) is 65.5 Å². The zero-order valence-corrected chi connectivity index (χ0v) is 12.5. The number of rotatable bonds is 5. The van der Waals surface area contributed by atoms with E-state index in [0.29, 0.717) is 5.56 Å². The average Bonchev–Trinajstić information content (AvgIpc) is 2.51. The van der Waals surface area contributed by atoms with Crippen molar-refractivity contribution in [1.29, 1.82) is 0 Å². The predicted molar refractivity (Wildman–Crippen MR) is 86.4 cm³/mol. The molecule has 22 heavy (non-hydrogen) atoms. The zero-order chi connectivity index (χ0) is 15.9. The van der Waals surface area contributed by atoms with Crippen LogP contribution in [0.25, 0.3) is 0 Å². The molecule has 2 aromatic rings. The fourth-order valence-electron chi connectivity index (χ4n) is 1.81. The number of hydrogen-bond donors (Lipinski definition) is 2. The Kier molecular flexibility index (Phi) is 5.25. The van der Waals surface area contributed by atoms with Crippen molar-refractivity contribution in [3.8, 4) is 0 Å². The molecule has 114 valence electrons. The van der Waals surface area contributed by atoms with Crippen LogP contribution in [0.4, 0.5) is 10.1 Å². The number of benzene rings is 2. The van der Waals surface area contributed by atoms with Crippen LogP contribution in [-0.4, -0.2) is 18.2 Å². The number of anilines is 1. The first-order valence-corrected chi connectivity index (χ1v) is 6.97. The SMILES string of the molecule is Cc1ccc(N[C@@H](C)C(=O)N/N=C\c2ccccc2F)cc1. The number of carbonyl (C=O) groups excluding carboxylic acids is 1. The molecule has 0 aliphatic heterocycles. The standard InChI is InChI=1S/C17H18FN3O/c1-12-7-9-15(10-8-12)20-13(2)17(22)21-19-11-14-5-3-4-6-16(14)18/h3-11,13,20H,1-2H3,(H,21,22)/b19-11-/t13-/m0/s1. The number of nitrogens with one attached hydrogen (secondary N) is 2. The molecule has 0 aliphatic rings. The van der Waals surface area contributed by atoms with E-state index in [2.05, 4.69) is 15.8 Å². The van der Waals surface area contributed by atoms with Gasteiger partial charge in [0.05, 0.1) is 6.21 Å². The van der Waals surface area contributed by atoms with Crippen molar-refractivity contribution < 1.29 is 9.18 Å². The van der Waals surface area contributed by atoms with Crippen LogP contribution in [0.3, 0.4) is 0 Å². The van der Waals surface area contributed by atoms with Crippen LogP contribution < -0.4 is 10.7 Å². The van der Waals surface area contributed by atoms with E-state index in [-0.39, 0.29) is 11.7 Å². The zero-order valence-electron chi connectivity index (χ0n) is 12.5. The average molecular weight is 299 g/mol. The molecule has 1 amide bonds. The fraction of sp³-hybridized carbons (Fsp3) is 0.176. The quantitative estimate of drug-likeness (QED) is 0.658. The number of nitrogens with zero attached hydrogens (tertiary/aromatic N) is 1. The topological polar surface area (TPSA) is 53.5 Å². The van der Waals surface area contributed by atoms with Crippen LogP contribution in [0.1, 0.15) is 18.1 Å². The molecule has 0 radical (unpaired) electrons. The summed E-state index contributed by atoms with van der Waals surface area (Å²) in [5, 5.41) is 6.84. The Labute approximate surface area is 129 Å². The maximum absolute atomic E-state index is 13.4. The number of amides is 1. The maximum Gasteiger partial charge on any atom is 0.262 e. The van der Waals surface area contributed by atoms with Crippen LogP contribution in [0, 0.1) is 12.7 Å². The molecule has 0 spiro atoms. The summed E-state index contributed by atoms with van der Waals surface area (Å²) in [7, 11) is 0. The van der Waals surface area contributed by atoms with Crippen molar-refractivity contribution in [1.82, 2.24) is 5.43 Å². The highest BCUT2D eigenvalue weighted by Crippen LogP contribution is 2.10. The summed E-state index contributed by atoms with van der Waals surface area (Å²) in [5.74, 6) is -0.681. The van der Waals surface area contributed by atoms with Gasteiger partial charge in [-0.15, -0.1) is 0 Å². The molecule has 0 fully saturated rings. The number of hydrazone groups is 1. The smallest absolute Gasteiger partial charge is 0.262 e. The third kappa shape index (κ3) is 4.41. The van der Waals surface area contributed by atoms with Gasteiger partial charge in [-0.1, -0.05) is 35.9 Å². The largest absolute Gasteiger partial charge is 0.374 e. The first-order chi connectivity index (χ1) is 10.6. The van der Waals surface area contributed by atoms with Gasteiger partial charge in [0.2, 0.25) is 0 Å². The second kappa shape index (κ2) is 7.36. The lowest BCUT2D eigenvalue weighted by molar-refractivity contribution is -0.121. The highest BCUT2D eigenvalue weighted by atomic mass is 19.1. The van der Waals surface area contributed by atoms with Gasteiger partial charge in [-0.05, 0) is 32.0 Å². The molecule has 2 rings (SSSR count). The molecule has 4 nitrogen and oxygen atoms in total. The molecule has 0 bridgehead atoms. The van der Waals surface area contributed by atoms with Crippen molar-refractivity contribution in [2.24, 2.45) is 5.10 Å². The highest BCUT2D eigenvalue weighted by molar-refractivity contribution is 5.86. The van der Waals surface area contributed by atoms with E-state index in [1.165, 1.54) is 12.3 Å². The molecule has 0 aromatic heterocycles. The lowest BCUT2D eigenvalue weighted by atomic mass is 10.2. The lowest BCUT2D eigenvalue weighted by Crippen LogP contribution is -2.34. The molecular weight excluding hydrogens is 281 g/mol. The van der Waals surface area contributed by atoms with Gasteiger partial charge in [0.25, 0.3) is 5.91 Å². The van der Waals surface area contributed by atoms with Gasteiger partial charge in [0.15, 0.2) is 0 Å². The lowest BCUT2D eigenvalue weighted by Gasteiger charge is -2.13. The van der Waals surface area contributed by atoms with Crippen LogP contribution in [0.15, 0.2) is 53.6 Å². The monoisotopic (exact) mass is 299 g/mol. The van der Waals surface area contributed by atoms with Gasteiger partial charge in [0.1, 0.15) is 11.9 Å². The number of aryl methyl sites for hydroxylation is 1. The molecule has 0 saturated heterocycles. The Morgan fingerprint density at radius 1 is 1.18 bits per heavy atom. The van der Waals surface area contributed by atoms with E-state index >= 15 is 0 Å². The van der Waals surface area contributed by atoms with E-state index in [1.54, 1.807) is 25.1 Å². The van der Waals surface area contributed by atoms with Gasteiger partial charge in [0, 0.05) is 11.3 Å². The summed E-state index contributed by atoms with van der Waals surface area (Å²) >= 11 is 0. The summed E-state index contributed by atoms with van der Waals surface area (Å²) in [6.07, 6.45) is 1.28. The molecule has 0 unspecified atom stereocenters. The van der Waals surface area contributed by atoms with Crippen LogP contribution in [0.2, 0.25) is 0 Å². The number of hydrogen-bond acceptors (Lipinski definition) is 3. The Balaban J connectivity index is 1.89. The Morgan fingerprint density at radius 2 is 1.86 bits per heavy atom. The normalized spacial score (nSPS) is 12.1. The first-order valence-electron chi connectivity index (χ1n) is 6.97. The first kappa shape index (κ1) is 15.7. The molecule has 1 atom stereocenters. The van der Waals surface area contributed by atoms with Crippen LogP contribution in [0.5, 0.6) is 0 Å². The number of carbonyl (C=O) groups is 1. The molecule has 0 saturated carbocycles. The molecule has 0 aliphatic carbocycles. The summed E-state index contributed by atoms with van der Waals surface area (Å²) < 4.78 is 13.4. The maximum atomic E-state index is 13.4. The third-order valence-electron chi connectivity index (χ3n) is 3.11. The second-order valence-electron chi connectivity index (χ2n) is 4.99. The summed E-state index contributed by atoms with van der Waals surface area (Å²) in [5.41, 5.74) is 4.72. The third-order valence-corrected chi connectivity index (χ3v) is 3.11. The van der Waals surface area contributed by atoms with E-state index in [1.807, 2.05) is 31.2 Å².